The summed E-state index contributed by atoms with van der Waals surface area (Å²) < 4.78 is 39.3. The zero-order valence-corrected chi connectivity index (χ0v) is 25.1. The predicted octanol–water partition coefficient (Wildman–Crippen LogP) is 2.24. The van der Waals surface area contributed by atoms with E-state index in [-0.39, 0.29) is 43.0 Å². The molecule has 0 saturated carbocycles. The molecule has 2 amide bonds. The molecular formula is C27H36ClN3O7S2. The van der Waals surface area contributed by atoms with Gasteiger partial charge in [0.25, 0.3) is 0 Å². The third kappa shape index (κ3) is 8.74. The molecule has 0 aliphatic carbocycles. The Labute approximate surface area is 244 Å². The van der Waals surface area contributed by atoms with Crippen LogP contribution in [0.3, 0.4) is 0 Å². The predicted molar refractivity (Wildman–Crippen MR) is 155 cm³/mol. The van der Waals surface area contributed by atoms with E-state index in [9.17, 15) is 23.1 Å². The number of benzene rings is 2. The van der Waals surface area contributed by atoms with Gasteiger partial charge >= 0.3 is 0 Å². The maximum absolute atomic E-state index is 13.7. The number of carbonyl (C=O) groups excluding carboxylic acids is 2. The summed E-state index contributed by atoms with van der Waals surface area (Å²) in [5.41, 5.74) is 0.840. The van der Waals surface area contributed by atoms with Crippen molar-refractivity contribution in [2.24, 2.45) is 5.92 Å². The molecule has 2 aromatic carbocycles. The van der Waals surface area contributed by atoms with E-state index in [0.717, 1.165) is 5.56 Å². The van der Waals surface area contributed by atoms with Crippen LogP contribution in [0, 0.1) is 5.92 Å². The molecule has 40 heavy (non-hydrogen) atoms. The number of hydrogen-bond acceptors (Lipinski definition) is 8. The van der Waals surface area contributed by atoms with Crippen LogP contribution >= 0.6 is 23.4 Å². The number of ether oxygens (including phenoxy) is 2. The molecule has 220 valence electrons. The number of carbonyl (C=O) groups is 2. The van der Waals surface area contributed by atoms with Crippen LogP contribution in [-0.2, 0) is 26.0 Å². The molecule has 10 nitrogen and oxygen atoms in total. The summed E-state index contributed by atoms with van der Waals surface area (Å²) in [6.45, 7) is 3.64. The summed E-state index contributed by atoms with van der Waals surface area (Å²) >= 11 is 6.99. The first-order valence-corrected chi connectivity index (χ1v) is 16.2. The maximum atomic E-state index is 13.7. The maximum Gasteiger partial charge on any atom is 0.243 e. The van der Waals surface area contributed by atoms with Gasteiger partial charge in [0.1, 0.15) is 11.9 Å². The van der Waals surface area contributed by atoms with Crippen molar-refractivity contribution in [3.8, 4) is 11.5 Å². The van der Waals surface area contributed by atoms with Crippen molar-refractivity contribution in [2.75, 3.05) is 37.8 Å². The summed E-state index contributed by atoms with van der Waals surface area (Å²) in [6, 6.07) is 11.9. The molecule has 0 unspecified atom stereocenters. The summed E-state index contributed by atoms with van der Waals surface area (Å²) in [5.74, 6) is -0.248. The van der Waals surface area contributed by atoms with Crippen LogP contribution in [0.15, 0.2) is 53.4 Å². The van der Waals surface area contributed by atoms with Gasteiger partial charge in [0.2, 0.25) is 28.6 Å². The molecular weight excluding hydrogens is 578 g/mol. The number of rotatable bonds is 15. The van der Waals surface area contributed by atoms with E-state index in [1.807, 2.05) is 44.2 Å². The summed E-state index contributed by atoms with van der Waals surface area (Å²) in [7, 11) is -4.04. The van der Waals surface area contributed by atoms with Crippen LogP contribution in [0.2, 0.25) is 0 Å². The zero-order valence-electron chi connectivity index (χ0n) is 22.7. The van der Waals surface area contributed by atoms with Gasteiger partial charge in [-0.25, -0.2) is 8.42 Å². The van der Waals surface area contributed by atoms with Gasteiger partial charge in [0.15, 0.2) is 11.5 Å². The van der Waals surface area contributed by atoms with Crippen LogP contribution in [0.25, 0.3) is 0 Å². The summed E-state index contributed by atoms with van der Waals surface area (Å²) in [4.78, 5) is 25.1. The minimum absolute atomic E-state index is 0.0109. The third-order valence-electron chi connectivity index (χ3n) is 6.14. The first kappa shape index (κ1) is 32.0. The number of halogens is 1. The highest BCUT2D eigenvalue weighted by Crippen LogP contribution is 2.34. The third-order valence-corrected chi connectivity index (χ3v) is 8.88. The number of aliphatic hydroxyl groups is 1. The monoisotopic (exact) mass is 613 g/mol. The molecule has 3 rings (SSSR count). The number of alkyl halides is 1. The summed E-state index contributed by atoms with van der Waals surface area (Å²) in [6.07, 6.45) is 0.766. The van der Waals surface area contributed by atoms with Crippen molar-refractivity contribution in [2.45, 2.75) is 43.4 Å². The second-order valence-electron chi connectivity index (χ2n) is 9.81. The Bertz CT molecular complexity index is 1250. The molecule has 1 aliphatic rings. The number of thioether (sulfide) groups is 1. The lowest BCUT2D eigenvalue weighted by Crippen LogP contribution is -2.56. The molecule has 0 radical (unpaired) electrons. The fourth-order valence-electron chi connectivity index (χ4n) is 4.22. The number of nitrogens with one attached hydrogen (secondary N) is 2. The number of fused-ring (bicyclic) bond motifs is 1. The number of nitrogens with zero attached hydrogens (tertiary/aromatic N) is 1. The van der Waals surface area contributed by atoms with Crippen LogP contribution in [0.4, 0.5) is 0 Å². The van der Waals surface area contributed by atoms with E-state index < -0.39 is 40.0 Å². The minimum atomic E-state index is -4.04. The highest BCUT2D eigenvalue weighted by atomic mass is 35.5. The first-order chi connectivity index (χ1) is 19.0. The fourth-order valence-corrected chi connectivity index (χ4v) is 6.50. The first-order valence-electron chi connectivity index (χ1n) is 12.8. The van der Waals surface area contributed by atoms with E-state index >= 15 is 0 Å². The van der Waals surface area contributed by atoms with Gasteiger partial charge in [0, 0.05) is 24.9 Å². The molecule has 0 saturated heterocycles. The van der Waals surface area contributed by atoms with Crippen molar-refractivity contribution in [1.82, 2.24) is 14.9 Å². The van der Waals surface area contributed by atoms with Crippen LogP contribution in [-0.4, -0.2) is 85.6 Å². The van der Waals surface area contributed by atoms with E-state index in [0.29, 0.717) is 17.3 Å². The van der Waals surface area contributed by atoms with Gasteiger partial charge in [-0.1, -0.05) is 44.2 Å². The van der Waals surface area contributed by atoms with Gasteiger partial charge in [0.05, 0.1) is 17.0 Å². The smallest absolute Gasteiger partial charge is 0.243 e. The topological polar surface area (TPSA) is 134 Å². The Balaban J connectivity index is 1.87. The van der Waals surface area contributed by atoms with Crippen molar-refractivity contribution in [3.05, 3.63) is 54.1 Å². The highest BCUT2D eigenvalue weighted by Gasteiger charge is 2.33. The lowest BCUT2D eigenvalue weighted by atomic mass is 10.0. The average Bonchev–Trinajstić information content (AvgIpc) is 3.40. The van der Waals surface area contributed by atoms with Crippen molar-refractivity contribution >= 4 is 45.2 Å². The second-order valence-corrected chi connectivity index (χ2v) is 12.9. The summed E-state index contributed by atoms with van der Waals surface area (Å²) in [5, 5.41) is 16.9. The van der Waals surface area contributed by atoms with E-state index in [2.05, 4.69) is 10.6 Å². The van der Waals surface area contributed by atoms with Gasteiger partial charge in [-0.2, -0.15) is 16.1 Å². The molecule has 1 aliphatic heterocycles. The normalized spacial score (nSPS) is 15.1. The lowest BCUT2D eigenvalue weighted by molar-refractivity contribution is -0.128. The van der Waals surface area contributed by atoms with Crippen LogP contribution in [0.5, 0.6) is 11.5 Å². The lowest BCUT2D eigenvalue weighted by Gasteiger charge is -2.31. The largest absolute Gasteiger partial charge is 0.454 e. The quantitative estimate of drug-likeness (QED) is 0.260. The standard InChI is InChI=1S/C27H36ClN3O7S2/c1-18(2)14-31(40(35,36)20-9-10-24-25(12-20)38-17-37-24)15-23(32)21(11-19-7-5-4-6-8-19)30-27(34)22(16-39-3)29-26(33)13-28/h4-10,12,18,21-23,32H,11,13-17H2,1-3H3,(H,29,33)(H,30,34)/t21-,22-,23+/m0/s1. The van der Waals surface area contributed by atoms with Crippen LogP contribution < -0.4 is 20.1 Å². The van der Waals surface area contributed by atoms with Gasteiger partial charge in [-0.3, -0.25) is 9.59 Å². The van der Waals surface area contributed by atoms with Gasteiger partial charge in [-0.15, -0.1) is 11.6 Å². The molecule has 0 fully saturated rings. The number of sulfonamides is 1. The Morgan fingerprint density at radius 3 is 2.42 bits per heavy atom. The van der Waals surface area contributed by atoms with E-state index in [1.165, 1.54) is 28.2 Å². The zero-order chi connectivity index (χ0) is 29.3. The number of amides is 2. The van der Waals surface area contributed by atoms with Gasteiger partial charge < -0.3 is 25.2 Å². The molecule has 1 heterocycles. The average molecular weight is 614 g/mol. The van der Waals surface area contributed by atoms with Crippen molar-refractivity contribution < 1.29 is 32.6 Å². The number of aliphatic hydroxyl groups excluding tert-OH is 1. The Kier molecular flexibility index (Phi) is 11.9. The van der Waals surface area contributed by atoms with E-state index in [4.69, 9.17) is 21.1 Å². The molecule has 0 bridgehead atoms. The van der Waals surface area contributed by atoms with Gasteiger partial charge in [-0.05, 0) is 36.3 Å². The highest BCUT2D eigenvalue weighted by molar-refractivity contribution is 7.98. The minimum Gasteiger partial charge on any atom is -0.454 e. The molecule has 3 N–H and O–H groups in total. The van der Waals surface area contributed by atoms with Crippen molar-refractivity contribution in [3.63, 3.8) is 0 Å². The van der Waals surface area contributed by atoms with E-state index in [1.54, 1.807) is 12.3 Å². The Morgan fingerprint density at radius 1 is 1.07 bits per heavy atom. The Hall–Kier alpha value is -2.51. The van der Waals surface area contributed by atoms with Crippen LogP contribution in [0.1, 0.15) is 19.4 Å². The Morgan fingerprint density at radius 2 is 1.77 bits per heavy atom. The second kappa shape index (κ2) is 14.9. The molecule has 2 aromatic rings. The molecule has 13 heteroatoms. The molecule has 0 spiro atoms. The fraction of sp³-hybridized carbons (Fsp3) is 0.481. The molecule has 0 aromatic heterocycles. The number of hydrogen-bond donors (Lipinski definition) is 3. The molecule has 3 atom stereocenters. The van der Waals surface area contributed by atoms with Crippen molar-refractivity contribution in [1.29, 1.82) is 0 Å². The SMILES string of the molecule is CSC[C@H](NC(=O)CCl)C(=O)N[C@@H](Cc1ccccc1)[C@H](O)CN(CC(C)C)S(=O)(=O)c1ccc2c(c1)OCO2.